The number of fused-ring (bicyclic) bond motifs is 11. The molecule has 4 bridgehead atoms. The minimum absolute atomic E-state index is 0.0184. The van der Waals surface area contributed by atoms with E-state index < -0.39 is 0 Å². The van der Waals surface area contributed by atoms with Crippen LogP contribution in [0.15, 0.2) is 174 Å². The second-order valence-electron chi connectivity index (χ2n) is 20.5. The maximum absolute atomic E-state index is 6.66. The first-order valence-electron chi connectivity index (χ1n) is 23.7. The number of rotatable bonds is 4. The molecule has 3 heteroatoms. The molecule has 8 aromatic carbocycles. The van der Waals surface area contributed by atoms with Gasteiger partial charge in [-0.05, 0) is 143 Å². The van der Waals surface area contributed by atoms with Crippen LogP contribution in [0.5, 0.6) is 0 Å². The van der Waals surface area contributed by atoms with Gasteiger partial charge in [-0.3, -0.25) is 0 Å². The zero-order valence-corrected chi connectivity index (χ0v) is 36.3. The van der Waals surface area contributed by atoms with Crippen LogP contribution < -0.4 is 4.90 Å². The van der Waals surface area contributed by atoms with Crippen molar-refractivity contribution in [3.8, 4) is 27.9 Å². The largest absolute Gasteiger partial charge is 0.455 e. The average Bonchev–Trinajstić information content (AvgIpc) is 3.96. The van der Waals surface area contributed by atoms with E-state index in [9.17, 15) is 0 Å². The Morgan fingerprint density at radius 3 is 2.05 bits per heavy atom. The molecular formula is C61H48N2O. The molecular weight excluding hydrogens is 777 g/mol. The van der Waals surface area contributed by atoms with Crippen LogP contribution >= 0.6 is 0 Å². The molecule has 3 heterocycles. The van der Waals surface area contributed by atoms with Crippen molar-refractivity contribution in [3.63, 3.8) is 0 Å². The number of para-hydroxylation sites is 4. The van der Waals surface area contributed by atoms with Crippen LogP contribution in [0.1, 0.15) is 68.2 Å². The van der Waals surface area contributed by atoms with Gasteiger partial charge >= 0.3 is 0 Å². The molecule has 3 nitrogen and oxygen atoms in total. The van der Waals surface area contributed by atoms with E-state index in [-0.39, 0.29) is 10.8 Å². The monoisotopic (exact) mass is 824 g/mol. The standard InChI is InChI=1S/C61H48N2O/c1-60(2)49-20-6-3-15-44(49)45-26-25-42(35-52(45)60)62(41-14-11-13-38(34-41)43-18-12-19-47-46-16-5-10-24-56(46)64-59(43)47)55-28-27-51-58-57(55)48-17-4-8-22-53(48)63(58)54-23-9-7-21-50(54)61(51)39-30-36-29-37(32-39)33-40(61)31-36/h3-28,34-37,39-40H,29-33H2,1-2H3. The van der Waals surface area contributed by atoms with Gasteiger partial charge in [0.25, 0.3) is 0 Å². The molecule has 4 saturated carbocycles. The van der Waals surface area contributed by atoms with Crippen molar-refractivity contribution in [3.05, 3.63) is 192 Å². The molecule has 1 aliphatic heterocycles. The molecule has 2 aromatic heterocycles. The molecule has 0 N–H and O–H groups in total. The van der Waals surface area contributed by atoms with Crippen molar-refractivity contribution in [2.24, 2.45) is 23.7 Å². The van der Waals surface area contributed by atoms with Gasteiger partial charge < -0.3 is 13.9 Å². The molecule has 10 aromatic rings. The van der Waals surface area contributed by atoms with Crippen molar-refractivity contribution < 1.29 is 4.42 Å². The van der Waals surface area contributed by atoms with E-state index in [2.05, 4.69) is 193 Å². The molecule has 0 saturated heterocycles. The fourth-order valence-corrected chi connectivity index (χ4v) is 14.9. The van der Waals surface area contributed by atoms with Crippen molar-refractivity contribution in [1.82, 2.24) is 4.57 Å². The molecule has 4 fully saturated rings. The molecule has 308 valence electrons. The summed E-state index contributed by atoms with van der Waals surface area (Å²) < 4.78 is 9.32. The van der Waals surface area contributed by atoms with Gasteiger partial charge in [0.1, 0.15) is 11.2 Å². The Balaban J connectivity index is 1.02. The minimum atomic E-state index is -0.141. The number of hydrogen-bond donors (Lipinski definition) is 0. The topological polar surface area (TPSA) is 21.3 Å². The van der Waals surface area contributed by atoms with E-state index in [1.165, 1.54) is 93.2 Å². The number of aromatic nitrogens is 1. The van der Waals surface area contributed by atoms with Gasteiger partial charge in [0, 0.05) is 49.3 Å². The van der Waals surface area contributed by atoms with Crippen molar-refractivity contribution >= 4 is 60.8 Å². The van der Waals surface area contributed by atoms with Crippen LogP contribution in [-0.2, 0) is 10.8 Å². The molecule has 0 atom stereocenters. The van der Waals surface area contributed by atoms with Crippen LogP contribution in [0, 0.1) is 23.7 Å². The predicted molar refractivity (Wildman–Crippen MR) is 264 cm³/mol. The van der Waals surface area contributed by atoms with Crippen LogP contribution in [0.2, 0.25) is 0 Å². The van der Waals surface area contributed by atoms with E-state index in [4.69, 9.17) is 4.42 Å². The summed E-state index contributed by atoms with van der Waals surface area (Å²) in [6, 6.07) is 64.4. The van der Waals surface area contributed by atoms with Crippen molar-refractivity contribution in [2.45, 2.75) is 56.8 Å². The Morgan fingerprint density at radius 2 is 1.19 bits per heavy atom. The summed E-state index contributed by atoms with van der Waals surface area (Å²) >= 11 is 0. The number of anilines is 3. The Labute approximate surface area is 373 Å². The molecule has 0 amide bonds. The lowest BCUT2D eigenvalue weighted by atomic mass is 9.41. The third kappa shape index (κ3) is 4.43. The third-order valence-electron chi connectivity index (χ3n) is 17.1. The van der Waals surface area contributed by atoms with Gasteiger partial charge in [0.05, 0.1) is 22.4 Å². The number of furan rings is 1. The number of nitrogens with zero attached hydrogens (tertiary/aromatic N) is 2. The molecule has 5 aliphatic carbocycles. The lowest BCUT2D eigenvalue weighted by Gasteiger charge is -2.63. The van der Waals surface area contributed by atoms with Crippen LogP contribution in [0.25, 0.3) is 71.7 Å². The van der Waals surface area contributed by atoms with Gasteiger partial charge in [-0.15, -0.1) is 0 Å². The van der Waals surface area contributed by atoms with Crippen LogP contribution in [-0.4, -0.2) is 4.57 Å². The summed E-state index contributed by atoms with van der Waals surface area (Å²) in [4.78, 5) is 2.58. The summed E-state index contributed by atoms with van der Waals surface area (Å²) in [5.74, 6) is 3.09. The van der Waals surface area contributed by atoms with E-state index >= 15 is 0 Å². The summed E-state index contributed by atoms with van der Waals surface area (Å²) in [5.41, 5.74) is 20.2. The van der Waals surface area contributed by atoms with Crippen LogP contribution in [0.3, 0.4) is 0 Å². The SMILES string of the molecule is CC1(C)c2ccccc2-c2ccc(N(c3cccc(-c4cccc5c4oc4ccccc45)c3)c3ccc4c5c3c3ccccc3n5-c3ccccc3C43C4CC5CC(C4)CC3C5)cc21. The van der Waals surface area contributed by atoms with Gasteiger partial charge in [0.2, 0.25) is 0 Å². The summed E-state index contributed by atoms with van der Waals surface area (Å²) in [6.07, 6.45) is 6.87. The highest BCUT2D eigenvalue weighted by Gasteiger charge is 2.61. The summed E-state index contributed by atoms with van der Waals surface area (Å²) in [7, 11) is 0. The van der Waals surface area contributed by atoms with Gasteiger partial charge in [-0.25, -0.2) is 0 Å². The normalized spacial score (nSPS) is 23.0. The first-order chi connectivity index (χ1) is 31.5. The summed E-state index contributed by atoms with van der Waals surface area (Å²) in [5, 5.41) is 4.96. The summed E-state index contributed by atoms with van der Waals surface area (Å²) in [6.45, 7) is 4.80. The molecule has 0 unspecified atom stereocenters. The second kappa shape index (κ2) is 12.4. The zero-order valence-electron chi connectivity index (χ0n) is 36.3. The quantitative estimate of drug-likeness (QED) is 0.176. The van der Waals surface area contributed by atoms with Gasteiger partial charge in [-0.1, -0.05) is 135 Å². The number of benzene rings is 8. The maximum atomic E-state index is 6.66. The predicted octanol–water partition coefficient (Wildman–Crippen LogP) is 16.2. The van der Waals surface area contributed by atoms with Crippen molar-refractivity contribution in [2.75, 3.05) is 4.90 Å². The highest BCUT2D eigenvalue weighted by molar-refractivity contribution is 6.19. The highest BCUT2D eigenvalue weighted by atomic mass is 16.3. The van der Waals surface area contributed by atoms with Crippen LogP contribution in [0.4, 0.5) is 17.1 Å². The van der Waals surface area contributed by atoms with Gasteiger partial charge in [0.15, 0.2) is 0 Å². The smallest absolute Gasteiger partial charge is 0.143 e. The zero-order chi connectivity index (χ0) is 42.1. The minimum Gasteiger partial charge on any atom is -0.455 e. The Hall–Kier alpha value is -6.84. The molecule has 16 rings (SSSR count). The molecule has 64 heavy (non-hydrogen) atoms. The molecule has 6 aliphatic rings. The average molecular weight is 825 g/mol. The van der Waals surface area contributed by atoms with E-state index in [1.54, 1.807) is 11.1 Å². The number of hydrogen-bond acceptors (Lipinski definition) is 2. The molecule has 0 radical (unpaired) electrons. The van der Waals surface area contributed by atoms with Crippen molar-refractivity contribution in [1.29, 1.82) is 0 Å². The second-order valence-corrected chi connectivity index (χ2v) is 20.5. The first-order valence-corrected chi connectivity index (χ1v) is 23.7. The lowest BCUT2D eigenvalue weighted by Crippen LogP contribution is -2.57. The van der Waals surface area contributed by atoms with Gasteiger partial charge in [-0.2, -0.15) is 0 Å². The lowest BCUT2D eigenvalue weighted by molar-refractivity contribution is -0.0418. The maximum Gasteiger partial charge on any atom is 0.143 e. The first kappa shape index (κ1) is 35.6. The Bertz CT molecular complexity index is 3610. The fraction of sp³-hybridized carbons (Fsp3) is 0.213. The molecule has 1 spiro atoms. The van der Waals surface area contributed by atoms with E-state index in [1.807, 2.05) is 0 Å². The fourth-order valence-electron chi connectivity index (χ4n) is 14.9. The Kier molecular flexibility index (Phi) is 6.92. The van der Waals surface area contributed by atoms with E-state index in [0.29, 0.717) is 11.8 Å². The highest BCUT2D eigenvalue weighted by Crippen LogP contribution is 2.68. The van der Waals surface area contributed by atoms with E-state index in [0.717, 1.165) is 50.6 Å². The third-order valence-corrected chi connectivity index (χ3v) is 17.1. The Morgan fingerprint density at radius 1 is 0.516 bits per heavy atom.